The Hall–Kier alpha value is -2.19. The van der Waals surface area contributed by atoms with Crippen molar-refractivity contribution in [1.29, 1.82) is 0 Å². The second-order valence-electron chi connectivity index (χ2n) is 5.50. The monoisotopic (exact) mass is 276 g/mol. The number of aromatic nitrogens is 1. The summed E-state index contributed by atoms with van der Waals surface area (Å²) in [4.78, 5) is 4.07. The van der Waals surface area contributed by atoms with Crippen LogP contribution < -0.4 is 5.32 Å². The van der Waals surface area contributed by atoms with Gasteiger partial charge in [-0.3, -0.25) is 4.98 Å². The zero-order valence-electron chi connectivity index (χ0n) is 12.5. The van der Waals surface area contributed by atoms with Crippen LogP contribution in [-0.4, -0.2) is 4.98 Å². The summed E-state index contributed by atoms with van der Waals surface area (Å²) < 4.78 is 0. The maximum absolute atomic E-state index is 4.07. The van der Waals surface area contributed by atoms with Crippen molar-refractivity contribution in [3.05, 3.63) is 78.1 Å². The van der Waals surface area contributed by atoms with Gasteiger partial charge in [0.05, 0.1) is 0 Å². The van der Waals surface area contributed by atoms with E-state index >= 15 is 0 Å². The molecule has 1 N–H and O–H groups in total. The van der Waals surface area contributed by atoms with E-state index in [1.165, 1.54) is 21.9 Å². The van der Waals surface area contributed by atoms with Crippen molar-refractivity contribution in [2.45, 2.75) is 25.9 Å². The average molecular weight is 276 g/mol. The van der Waals surface area contributed by atoms with Gasteiger partial charge in [0.25, 0.3) is 0 Å². The van der Waals surface area contributed by atoms with Crippen molar-refractivity contribution in [1.82, 2.24) is 10.3 Å². The lowest BCUT2D eigenvalue weighted by Crippen LogP contribution is -2.22. The van der Waals surface area contributed by atoms with Crippen LogP contribution in [0.4, 0.5) is 0 Å². The van der Waals surface area contributed by atoms with Crippen molar-refractivity contribution in [2.24, 2.45) is 0 Å². The fourth-order valence-corrected chi connectivity index (χ4v) is 2.70. The molecule has 0 spiro atoms. The molecule has 0 aliphatic heterocycles. The number of fused-ring (bicyclic) bond motifs is 1. The van der Waals surface area contributed by atoms with E-state index in [2.05, 4.69) is 78.7 Å². The van der Waals surface area contributed by atoms with Gasteiger partial charge >= 0.3 is 0 Å². The third-order valence-electron chi connectivity index (χ3n) is 3.98. The van der Waals surface area contributed by atoms with Crippen LogP contribution in [0, 0.1) is 0 Å². The van der Waals surface area contributed by atoms with Crippen LogP contribution in [0.15, 0.2) is 67.0 Å². The first kappa shape index (κ1) is 13.8. The molecule has 21 heavy (non-hydrogen) atoms. The van der Waals surface area contributed by atoms with Crippen LogP contribution in [0.1, 0.15) is 37.1 Å². The maximum atomic E-state index is 4.07. The SMILES string of the molecule is CC(N[C@@H](C)c1ccncc1)c1ccc2ccccc2c1. The summed E-state index contributed by atoms with van der Waals surface area (Å²) in [5.74, 6) is 0. The summed E-state index contributed by atoms with van der Waals surface area (Å²) in [5.41, 5.74) is 2.58. The van der Waals surface area contributed by atoms with Gasteiger partial charge in [-0.2, -0.15) is 0 Å². The largest absolute Gasteiger partial charge is 0.304 e. The van der Waals surface area contributed by atoms with E-state index in [-0.39, 0.29) is 0 Å². The van der Waals surface area contributed by atoms with Crippen LogP contribution in [0.2, 0.25) is 0 Å². The zero-order chi connectivity index (χ0) is 14.7. The number of hydrogen-bond acceptors (Lipinski definition) is 2. The molecule has 3 aromatic rings. The molecule has 0 saturated heterocycles. The maximum Gasteiger partial charge on any atom is 0.0298 e. The van der Waals surface area contributed by atoms with E-state index in [0.29, 0.717) is 12.1 Å². The molecule has 0 bridgehead atoms. The summed E-state index contributed by atoms with van der Waals surface area (Å²) in [6.45, 7) is 4.40. The number of benzene rings is 2. The second-order valence-corrected chi connectivity index (χ2v) is 5.50. The molecule has 1 unspecified atom stereocenters. The van der Waals surface area contributed by atoms with Crippen LogP contribution in [0.5, 0.6) is 0 Å². The average Bonchev–Trinajstić information content (AvgIpc) is 2.55. The number of nitrogens with zero attached hydrogens (tertiary/aromatic N) is 1. The highest BCUT2D eigenvalue weighted by Gasteiger charge is 2.11. The molecule has 106 valence electrons. The van der Waals surface area contributed by atoms with Crippen LogP contribution >= 0.6 is 0 Å². The molecule has 0 saturated carbocycles. The van der Waals surface area contributed by atoms with Crippen LogP contribution in [0.3, 0.4) is 0 Å². The summed E-state index contributed by atoms with van der Waals surface area (Å²) >= 11 is 0. The Morgan fingerprint density at radius 1 is 0.762 bits per heavy atom. The molecule has 2 heteroatoms. The lowest BCUT2D eigenvalue weighted by atomic mass is 10.0. The fourth-order valence-electron chi connectivity index (χ4n) is 2.70. The molecule has 1 aromatic heterocycles. The van der Waals surface area contributed by atoms with E-state index < -0.39 is 0 Å². The highest BCUT2D eigenvalue weighted by Crippen LogP contribution is 2.22. The molecular formula is C19H20N2. The first-order valence-electron chi connectivity index (χ1n) is 7.39. The number of nitrogens with one attached hydrogen (secondary N) is 1. The van der Waals surface area contributed by atoms with E-state index in [4.69, 9.17) is 0 Å². The Bertz CT molecular complexity index is 722. The Labute approximate surface area is 125 Å². The third-order valence-corrected chi connectivity index (χ3v) is 3.98. The first-order chi connectivity index (χ1) is 10.2. The predicted octanol–water partition coefficient (Wildman–Crippen LogP) is 4.65. The Kier molecular flexibility index (Phi) is 3.98. The van der Waals surface area contributed by atoms with Crippen molar-refractivity contribution in [2.75, 3.05) is 0 Å². The summed E-state index contributed by atoms with van der Waals surface area (Å²) in [6, 6.07) is 19.9. The highest BCUT2D eigenvalue weighted by atomic mass is 14.9. The number of rotatable bonds is 4. The molecule has 2 nitrogen and oxygen atoms in total. The summed E-state index contributed by atoms with van der Waals surface area (Å²) in [5, 5.41) is 6.23. The molecule has 3 rings (SSSR count). The minimum Gasteiger partial charge on any atom is -0.304 e. The van der Waals surface area contributed by atoms with Gasteiger partial charge in [0, 0.05) is 24.5 Å². The summed E-state index contributed by atoms with van der Waals surface area (Å²) in [6.07, 6.45) is 3.68. The van der Waals surface area contributed by atoms with Gasteiger partial charge < -0.3 is 5.32 Å². The molecule has 1 heterocycles. The van der Waals surface area contributed by atoms with E-state index in [1.807, 2.05) is 12.4 Å². The van der Waals surface area contributed by atoms with Gasteiger partial charge in [-0.15, -0.1) is 0 Å². The lowest BCUT2D eigenvalue weighted by Gasteiger charge is -2.21. The minimum absolute atomic E-state index is 0.300. The fraction of sp³-hybridized carbons (Fsp3) is 0.211. The van der Waals surface area contributed by atoms with Gasteiger partial charge in [-0.25, -0.2) is 0 Å². The second kappa shape index (κ2) is 6.06. The number of hydrogen-bond donors (Lipinski definition) is 1. The standard InChI is InChI=1S/C19H20N2/c1-14(16-9-11-20-12-10-16)21-15(2)18-8-7-17-5-3-4-6-19(17)13-18/h3-15,21H,1-2H3/t14-,15?/m0/s1. The van der Waals surface area contributed by atoms with Gasteiger partial charge in [0.2, 0.25) is 0 Å². The molecule has 0 fully saturated rings. The van der Waals surface area contributed by atoms with Gasteiger partial charge in [-0.1, -0.05) is 36.4 Å². The normalized spacial score (nSPS) is 14.0. The molecule has 0 radical (unpaired) electrons. The van der Waals surface area contributed by atoms with Crippen LogP contribution in [-0.2, 0) is 0 Å². The Morgan fingerprint density at radius 2 is 1.43 bits per heavy atom. The van der Waals surface area contributed by atoms with E-state index in [0.717, 1.165) is 0 Å². The van der Waals surface area contributed by atoms with E-state index in [9.17, 15) is 0 Å². The van der Waals surface area contributed by atoms with Gasteiger partial charge in [-0.05, 0) is 53.9 Å². The van der Waals surface area contributed by atoms with Gasteiger partial charge in [0.15, 0.2) is 0 Å². The van der Waals surface area contributed by atoms with Crippen molar-refractivity contribution >= 4 is 10.8 Å². The number of pyridine rings is 1. The molecule has 2 atom stereocenters. The highest BCUT2D eigenvalue weighted by molar-refractivity contribution is 5.83. The molecule has 2 aromatic carbocycles. The molecular weight excluding hydrogens is 256 g/mol. The smallest absolute Gasteiger partial charge is 0.0298 e. The molecule has 0 aliphatic rings. The predicted molar refractivity (Wildman–Crippen MR) is 88.2 cm³/mol. The molecule has 0 aliphatic carbocycles. The summed E-state index contributed by atoms with van der Waals surface area (Å²) in [7, 11) is 0. The quantitative estimate of drug-likeness (QED) is 0.750. The van der Waals surface area contributed by atoms with Crippen molar-refractivity contribution < 1.29 is 0 Å². The van der Waals surface area contributed by atoms with Gasteiger partial charge in [0.1, 0.15) is 0 Å². The Balaban J connectivity index is 1.79. The van der Waals surface area contributed by atoms with Crippen molar-refractivity contribution in [3.63, 3.8) is 0 Å². The lowest BCUT2D eigenvalue weighted by molar-refractivity contribution is 0.494. The van der Waals surface area contributed by atoms with E-state index in [1.54, 1.807) is 0 Å². The zero-order valence-corrected chi connectivity index (χ0v) is 12.5. The Morgan fingerprint density at radius 3 is 2.19 bits per heavy atom. The first-order valence-corrected chi connectivity index (χ1v) is 7.39. The topological polar surface area (TPSA) is 24.9 Å². The van der Waals surface area contributed by atoms with Crippen molar-refractivity contribution in [3.8, 4) is 0 Å². The third kappa shape index (κ3) is 3.11. The minimum atomic E-state index is 0.300. The molecule has 0 amide bonds. The van der Waals surface area contributed by atoms with Crippen LogP contribution in [0.25, 0.3) is 10.8 Å².